The van der Waals surface area contributed by atoms with Crippen LogP contribution in [0.2, 0.25) is 0 Å². The Morgan fingerprint density at radius 1 is 1.40 bits per heavy atom. The van der Waals surface area contributed by atoms with E-state index < -0.39 is 0 Å². The van der Waals surface area contributed by atoms with Crippen LogP contribution in [0.1, 0.15) is 30.7 Å². The lowest BCUT2D eigenvalue weighted by Crippen LogP contribution is -2.34. The summed E-state index contributed by atoms with van der Waals surface area (Å²) in [7, 11) is 4.13. The van der Waals surface area contributed by atoms with Gasteiger partial charge in [0.25, 0.3) is 0 Å². The van der Waals surface area contributed by atoms with Gasteiger partial charge >= 0.3 is 0 Å². The Balaban J connectivity index is 2.46. The van der Waals surface area contributed by atoms with E-state index in [1.165, 1.54) is 9.88 Å². The highest BCUT2D eigenvalue weighted by molar-refractivity contribution is 7.11. The smallest absolute Gasteiger partial charge is 0.107 e. The molecule has 4 heteroatoms. The van der Waals surface area contributed by atoms with E-state index in [4.69, 9.17) is 0 Å². The summed E-state index contributed by atoms with van der Waals surface area (Å²) in [5.41, 5.74) is 0.172. The van der Waals surface area contributed by atoms with Crippen LogP contribution < -0.4 is 5.32 Å². The van der Waals surface area contributed by atoms with Crippen LogP contribution in [0, 0.1) is 0 Å². The van der Waals surface area contributed by atoms with Crippen LogP contribution in [0.25, 0.3) is 0 Å². The number of rotatable bonds is 4. The number of hydrogen-bond donors (Lipinski definition) is 1. The van der Waals surface area contributed by atoms with Gasteiger partial charge in [-0.25, -0.2) is 4.98 Å². The first-order valence-corrected chi connectivity index (χ1v) is 6.02. The number of thiazole rings is 1. The van der Waals surface area contributed by atoms with Crippen LogP contribution in [0.3, 0.4) is 0 Å². The molecule has 0 fully saturated rings. The minimum absolute atomic E-state index is 0.172. The Morgan fingerprint density at radius 3 is 2.60 bits per heavy atom. The van der Waals surface area contributed by atoms with Gasteiger partial charge in [0.05, 0.1) is 0 Å². The summed E-state index contributed by atoms with van der Waals surface area (Å²) in [5, 5.41) is 4.65. The van der Waals surface area contributed by atoms with E-state index in [9.17, 15) is 0 Å². The first kappa shape index (κ1) is 12.6. The summed E-state index contributed by atoms with van der Waals surface area (Å²) in [4.78, 5) is 7.84. The fourth-order valence-corrected chi connectivity index (χ4v) is 2.11. The molecule has 0 atom stereocenters. The molecule has 1 N–H and O–H groups in total. The van der Waals surface area contributed by atoms with Crippen LogP contribution >= 0.6 is 11.3 Å². The molecule has 0 amide bonds. The van der Waals surface area contributed by atoms with E-state index >= 15 is 0 Å². The molecule has 86 valence electrons. The maximum atomic E-state index is 4.39. The van der Waals surface area contributed by atoms with Gasteiger partial charge in [-0.15, -0.1) is 11.3 Å². The average Bonchev–Trinajstić information content (AvgIpc) is 2.46. The number of aromatic nitrogens is 1. The van der Waals surface area contributed by atoms with Crippen molar-refractivity contribution >= 4 is 11.3 Å². The van der Waals surface area contributed by atoms with Crippen molar-refractivity contribution in [2.24, 2.45) is 0 Å². The van der Waals surface area contributed by atoms with Crippen molar-refractivity contribution in [3.8, 4) is 0 Å². The average molecular weight is 227 g/mol. The molecule has 0 unspecified atom stereocenters. The summed E-state index contributed by atoms with van der Waals surface area (Å²) in [6, 6.07) is 0. The number of nitrogens with one attached hydrogen (secondary N) is 1. The SMILES string of the molecule is CN(C)Cc1ncc(CNC(C)(C)C)s1. The first-order chi connectivity index (χ1) is 6.87. The van der Waals surface area contributed by atoms with Gasteiger partial charge in [-0.2, -0.15) is 0 Å². The summed E-state index contributed by atoms with van der Waals surface area (Å²) in [6.45, 7) is 8.37. The van der Waals surface area contributed by atoms with Crippen molar-refractivity contribution in [3.63, 3.8) is 0 Å². The number of hydrogen-bond acceptors (Lipinski definition) is 4. The van der Waals surface area contributed by atoms with Gasteiger partial charge in [-0.05, 0) is 34.9 Å². The molecule has 3 nitrogen and oxygen atoms in total. The van der Waals surface area contributed by atoms with E-state index in [0.717, 1.165) is 13.1 Å². The summed E-state index contributed by atoms with van der Waals surface area (Å²) < 4.78 is 0. The third-order valence-electron chi connectivity index (χ3n) is 1.85. The quantitative estimate of drug-likeness (QED) is 0.854. The molecule has 0 radical (unpaired) electrons. The fraction of sp³-hybridized carbons (Fsp3) is 0.727. The Kier molecular flexibility index (Phi) is 4.25. The largest absolute Gasteiger partial charge is 0.307 e. The van der Waals surface area contributed by atoms with Crippen molar-refractivity contribution < 1.29 is 0 Å². The highest BCUT2D eigenvalue weighted by atomic mass is 32.1. The molecule has 0 spiro atoms. The lowest BCUT2D eigenvalue weighted by atomic mass is 10.1. The molecule has 0 saturated heterocycles. The third-order valence-corrected chi connectivity index (χ3v) is 2.83. The van der Waals surface area contributed by atoms with Crippen LogP contribution in [0.4, 0.5) is 0 Å². The minimum Gasteiger partial charge on any atom is -0.307 e. The van der Waals surface area contributed by atoms with Crippen molar-refractivity contribution in [2.75, 3.05) is 14.1 Å². The van der Waals surface area contributed by atoms with Crippen LogP contribution in [0.5, 0.6) is 0 Å². The van der Waals surface area contributed by atoms with E-state index in [2.05, 4.69) is 50.1 Å². The predicted octanol–water partition coefficient (Wildman–Crippen LogP) is 2.09. The topological polar surface area (TPSA) is 28.2 Å². The maximum Gasteiger partial charge on any atom is 0.107 e. The van der Waals surface area contributed by atoms with E-state index in [0.29, 0.717) is 0 Å². The lowest BCUT2D eigenvalue weighted by molar-refractivity contribution is 0.401. The Morgan fingerprint density at radius 2 is 2.07 bits per heavy atom. The molecule has 1 aromatic heterocycles. The van der Waals surface area contributed by atoms with Crippen molar-refractivity contribution in [2.45, 2.75) is 39.4 Å². The van der Waals surface area contributed by atoms with Crippen molar-refractivity contribution in [3.05, 3.63) is 16.1 Å². The Labute approximate surface area is 96.5 Å². The van der Waals surface area contributed by atoms with Gasteiger partial charge < -0.3 is 10.2 Å². The number of nitrogens with zero attached hydrogens (tertiary/aromatic N) is 2. The molecule has 15 heavy (non-hydrogen) atoms. The van der Waals surface area contributed by atoms with E-state index in [-0.39, 0.29) is 5.54 Å². The second-order valence-electron chi connectivity index (χ2n) is 5.06. The first-order valence-electron chi connectivity index (χ1n) is 5.20. The zero-order valence-electron chi connectivity index (χ0n) is 10.3. The molecular weight excluding hydrogens is 206 g/mol. The van der Waals surface area contributed by atoms with Gasteiger partial charge in [0, 0.05) is 29.7 Å². The van der Waals surface area contributed by atoms with Gasteiger partial charge in [0.1, 0.15) is 5.01 Å². The van der Waals surface area contributed by atoms with Crippen LogP contribution in [-0.2, 0) is 13.1 Å². The van der Waals surface area contributed by atoms with Gasteiger partial charge in [-0.3, -0.25) is 0 Å². The normalized spacial score (nSPS) is 12.4. The Bertz CT molecular complexity index is 299. The molecule has 0 aromatic carbocycles. The maximum absolute atomic E-state index is 4.39. The zero-order valence-corrected chi connectivity index (χ0v) is 11.1. The highest BCUT2D eigenvalue weighted by Gasteiger charge is 2.10. The zero-order chi connectivity index (χ0) is 11.5. The lowest BCUT2D eigenvalue weighted by Gasteiger charge is -2.19. The van der Waals surface area contributed by atoms with E-state index in [1.54, 1.807) is 11.3 Å². The Hall–Kier alpha value is -0.450. The molecular formula is C11H21N3S. The standard InChI is InChI=1S/C11H21N3S/c1-11(2,3)13-7-9-6-12-10(15-9)8-14(4)5/h6,13H,7-8H2,1-5H3. The van der Waals surface area contributed by atoms with Gasteiger partial charge in [-0.1, -0.05) is 0 Å². The molecule has 0 aliphatic rings. The molecule has 1 rings (SSSR count). The highest BCUT2D eigenvalue weighted by Crippen LogP contribution is 2.14. The second kappa shape index (κ2) is 5.05. The summed E-state index contributed by atoms with van der Waals surface area (Å²) in [5.74, 6) is 0. The molecule has 1 heterocycles. The van der Waals surface area contributed by atoms with Gasteiger partial charge in [0.15, 0.2) is 0 Å². The molecule has 0 aliphatic carbocycles. The summed E-state index contributed by atoms with van der Waals surface area (Å²) >= 11 is 1.79. The van der Waals surface area contributed by atoms with Crippen LogP contribution in [-0.4, -0.2) is 29.5 Å². The minimum atomic E-state index is 0.172. The summed E-state index contributed by atoms with van der Waals surface area (Å²) in [6.07, 6.45) is 1.97. The van der Waals surface area contributed by atoms with Crippen molar-refractivity contribution in [1.29, 1.82) is 0 Å². The van der Waals surface area contributed by atoms with Crippen LogP contribution in [0.15, 0.2) is 6.20 Å². The van der Waals surface area contributed by atoms with Crippen molar-refractivity contribution in [1.82, 2.24) is 15.2 Å². The molecule has 0 bridgehead atoms. The molecule has 0 saturated carbocycles. The molecule has 1 aromatic rings. The third kappa shape index (κ3) is 5.25. The predicted molar refractivity (Wildman–Crippen MR) is 66.1 cm³/mol. The molecule has 0 aliphatic heterocycles. The monoisotopic (exact) mass is 227 g/mol. The van der Waals surface area contributed by atoms with E-state index in [1.807, 2.05) is 6.20 Å². The fourth-order valence-electron chi connectivity index (χ4n) is 1.13. The second-order valence-corrected chi connectivity index (χ2v) is 6.26. The van der Waals surface area contributed by atoms with Gasteiger partial charge in [0.2, 0.25) is 0 Å².